The molecule has 106 valence electrons. The molecule has 3 aromatic heterocycles. The van der Waals surface area contributed by atoms with Crippen molar-refractivity contribution in [2.75, 3.05) is 5.32 Å². The van der Waals surface area contributed by atoms with Crippen LogP contribution in [0.4, 0.5) is 5.82 Å². The average Bonchev–Trinajstić information content (AvgIpc) is 3.12. The standard InChI is InChI=1S/C15H14N4O2/c1-9-13(8-16-21-9)11-4-5-19-12(6-11)7-14(18-19)17-15(20)10-2-3-10/h4-8,10H,2-3H2,1H3,(H,17,18,20). The van der Waals surface area contributed by atoms with E-state index in [2.05, 4.69) is 15.6 Å². The third-order valence-corrected chi connectivity index (χ3v) is 3.72. The molecule has 3 heterocycles. The molecule has 1 saturated carbocycles. The molecule has 1 amide bonds. The number of rotatable bonds is 3. The van der Waals surface area contributed by atoms with E-state index in [1.54, 1.807) is 10.7 Å². The Bertz CT molecular complexity index is 829. The lowest BCUT2D eigenvalue weighted by Crippen LogP contribution is -2.13. The van der Waals surface area contributed by atoms with Gasteiger partial charge in [0.1, 0.15) is 5.76 Å². The van der Waals surface area contributed by atoms with Crippen LogP contribution in [0.3, 0.4) is 0 Å². The molecule has 0 unspecified atom stereocenters. The Morgan fingerprint density at radius 3 is 3.00 bits per heavy atom. The van der Waals surface area contributed by atoms with Crippen LogP contribution in [0, 0.1) is 12.8 Å². The lowest BCUT2D eigenvalue weighted by atomic mass is 10.1. The molecule has 0 aromatic carbocycles. The molecule has 0 radical (unpaired) electrons. The average molecular weight is 282 g/mol. The summed E-state index contributed by atoms with van der Waals surface area (Å²) in [5.41, 5.74) is 2.89. The highest BCUT2D eigenvalue weighted by atomic mass is 16.5. The number of anilines is 1. The van der Waals surface area contributed by atoms with Gasteiger partial charge in [0.2, 0.25) is 5.91 Å². The molecule has 3 aromatic rings. The maximum Gasteiger partial charge on any atom is 0.228 e. The summed E-state index contributed by atoms with van der Waals surface area (Å²) in [4.78, 5) is 11.8. The Morgan fingerprint density at radius 2 is 2.29 bits per heavy atom. The number of aryl methyl sites for hydroxylation is 1. The van der Waals surface area contributed by atoms with Crippen molar-refractivity contribution in [1.82, 2.24) is 14.8 Å². The summed E-state index contributed by atoms with van der Waals surface area (Å²) >= 11 is 0. The molecule has 1 aliphatic carbocycles. The van der Waals surface area contributed by atoms with Crippen molar-refractivity contribution in [2.45, 2.75) is 19.8 Å². The molecule has 6 nitrogen and oxygen atoms in total. The monoisotopic (exact) mass is 282 g/mol. The highest BCUT2D eigenvalue weighted by Crippen LogP contribution is 2.30. The number of pyridine rings is 1. The van der Waals surface area contributed by atoms with Gasteiger partial charge in [0.15, 0.2) is 5.82 Å². The number of nitrogens with zero attached hydrogens (tertiary/aromatic N) is 3. The van der Waals surface area contributed by atoms with Crippen LogP contribution in [-0.4, -0.2) is 20.7 Å². The van der Waals surface area contributed by atoms with E-state index in [1.165, 1.54) is 0 Å². The summed E-state index contributed by atoms with van der Waals surface area (Å²) in [6.07, 6.45) is 5.53. The molecule has 0 saturated heterocycles. The first kappa shape index (κ1) is 12.1. The molecular weight excluding hydrogens is 268 g/mol. The van der Waals surface area contributed by atoms with E-state index < -0.39 is 0 Å². The number of nitrogens with one attached hydrogen (secondary N) is 1. The van der Waals surface area contributed by atoms with Crippen LogP contribution in [0.5, 0.6) is 0 Å². The maximum atomic E-state index is 11.8. The summed E-state index contributed by atoms with van der Waals surface area (Å²) in [5, 5.41) is 11.0. The van der Waals surface area contributed by atoms with Gasteiger partial charge in [-0.15, -0.1) is 0 Å². The van der Waals surface area contributed by atoms with E-state index in [1.807, 2.05) is 31.3 Å². The molecule has 4 rings (SSSR count). The normalized spacial score (nSPS) is 14.5. The van der Waals surface area contributed by atoms with Crippen LogP contribution < -0.4 is 5.32 Å². The van der Waals surface area contributed by atoms with Crippen LogP contribution in [0.25, 0.3) is 16.6 Å². The third-order valence-electron chi connectivity index (χ3n) is 3.72. The summed E-state index contributed by atoms with van der Waals surface area (Å²) in [5.74, 6) is 1.60. The summed E-state index contributed by atoms with van der Waals surface area (Å²) in [6, 6.07) is 5.82. The van der Waals surface area contributed by atoms with Gasteiger partial charge in [0, 0.05) is 23.7 Å². The number of aromatic nitrogens is 3. The van der Waals surface area contributed by atoms with Crippen molar-refractivity contribution >= 4 is 17.2 Å². The molecule has 1 N–H and O–H groups in total. The number of carbonyl (C=O) groups excluding carboxylic acids is 1. The zero-order valence-electron chi connectivity index (χ0n) is 11.5. The van der Waals surface area contributed by atoms with Crippen LogP contribution >= 0.6 is 0 Å². The molecule has 0 aliphatic heterocycles. The second-order valence-electron chi connectivity index (χ2n) is 5.37. The Labute approximate surface area is 120 Å². The van der Waals surface area contributed by atoms with Crippen molar-refractivity contribution in [3.8, 4) is 11.1 Å². The molecule has 0 bridgehead atoms. The summed E-state index contributed by atoms with van der Waals surface area (Å²) in [6.45, 7) is 1.88. The minimum Gasteiger partial charge on any atom is -0.361 e. The number of hydrogen-bond donors (Lipinski definition) is 1. The van der Waals surface area contributed by atoms with E-state index >= 15 is 0 Å². The predicted octanol–water partition coefficient (Wildman–Crippen LogP) is 2.65. The Morgan fingerprint density at radius 1 is 1.43 bits per heavy atom. The van der Waals surface area contributed by atoms with Gasteiger partial charge in [-0.05, 0) is 37.5 Å². The van der Waals surface area contributed by atoms with Gasteiger partial charge >= 0.3 is 0 Å². The fraction of sp³-hybridized carbons (Fsp3) is 0.267. The Balaban J connectivity index is 1.68. The van der Waals surface area contributed by atoms with Crippen LogP contribution in [0.15, 0.2) is 35.1 Å². The number of hydrogen-bond acceptors (Lipinski definition) is 4. The van der Waals surface area contributed by atoms with Gasteiger partial charge in [0.05, 0.1) is 11.7 Å². The van der Waals surface area contributed by atoms with E-state index in [9.17, 15) is 4.79 Å². The number of carbonyl (C=O) groups is 1. The van der Waals surface area contributed by atoms with Gasteiger partial charge in [-0.25, -0.2) is 4.52 Å². The molecule has 6 heteroatoms. The fourth-order valence-corrected chi connectivity index (χ4v) is 2.37. The van der Waals surface area contributed by atoms with E-state index in [0.717, 1.165) is 35.2 Å². The first-order chi connectivity index (χ1) is 10.2. The van der Waals surface area contributed by atoms with E-state index in [-0.39, 0.29) is 11.8 Å². The highest BCUT2D eigenvalue weighted by molar-refractivity contribution is 5.93. The SMILES string of the molecule is Cc1oncc1-c1ccn2nc(NC(=O)C3CC3)cc2c1. The zero-order valence-corrected chi connectivity index (χ0v) is 11.5. The predicted molar refractivity (Wildman–Crippen MR) is 76.8 cm³/mol. The molecule has 0 atom stereocenters. The van der Waals surface area contributed by atoms with Crippen LogP contribution in [0.2, 0.25) is 0 Å². The Kier molecular flexibility index (Phi) is 2.57. The molecule has 1 aliphatic rings. The highest BCUT2D eigenvalue weighted by Gasteiger charge is 2.30. The maximum absolute atomic E-state index is 11.8. The van der Waals surface area contributed by atoms with Crippen molar-refractivity contribution in [1.29, 1.82) is 0 Å². The second-order valence-corrected chi connectivity index (χ2v) is 5.37. The molecule has 0 spiro atoms. The van der Waals surface area contributed by atoms with Crippen LogP contribution in [-0.2, 0) is 4.79 Å². The minimum absolute atomic E-state index is 0.0634. The fourth-order valence-electron chi connectivity index (χ4n) is 2.37. The van der Waals surface area contributed by atoms with Crippen molar-refractivity contribution in [3.05, 3.63) is 36.4 Å². The molecule has 21 heavy (non-hydrogen) atoms. The topological polar surface area (TPSA) is 72.4 Å². The van der Waals surface area contributed by atoms with Crippen molar-refractivity contribution in [3.63, 3.8) is 0 Å². The summed E-state index contributed by atoms with van der Waals surface area (Å²) in [7, 11) is 0. The van der Waals surface area contributed by atoms with Gasteiger partial charge in [-0.3, -0.25) is 4.79 Å². The zero-order chi connectivity index (χ0) is 14.4. The second kappa shape index (κ2) is 4.44. The van der Waals surface area contributed by atoms with Gasteiger partial charge in [-0.1, -0.05) is 5.16 Å². The quantitative estimate of drug-likeness (QED) is 0.801. The smallest absolute Gasteiger partial charge is 0.228 e. The molecule has 1 fully saturated rings. The third kappa shape index (κ3) is 2.18. The molecular formula is C15H14N4O2. The number of fused-ring (bicyclic) bond motifs is 1. The van der Waals surface area contributed by atoms with Gasteiger partial charge in [0.25, 0.3) is 0 Å². The van der Waals surface area contributed by atoms with E-state index in [4.69, 9.17) is 4.52 Å². The lowest BCUT2D eigenvalue weighted by Gasteiger charge is -1.99. The first-order valence-corrected chi connectivity index (χ1v) is 6.92. The minimum atomic E-state index is 0.0634. The number of amides is 1. The van der Waals surface area contributed by atoms with Crippen LogP contribution in [0.1, 0.15) is 18.6 Å². The largest absolute Gasteiger partial charge is 0.361 e. The first-order valence-electron chi connectivity index (χ1n) is 6.92. The van der Waals surface area contributed by atoms with Gasteiger partial charge in [-0.2, -0.15) is 5.10 Å². The van der Waals surface area contributed by atoms with Crippen molar-refractivity contribution < 1.29 is 9.32 Å². The Hall–Kier alpha value is -2.63. The summed E-state index contributed by atoms with van der Waals surface area (Å²) < 4.78 is 6.84. The van der Waals surface area contributed by atoms with Crippen molar-refractivity contribution in [2.24, 2.45) is 5.92 Å². The van der Waals surface area contributed by atoms with Gasteiger partial charge < -0.3 is 9.84 Å². The lowest BCUT2D eigenvalue weighted by molar-refractivity contribution is -0.117. The van der Waals surface area contributed by atoms with E-state index in [0.29, 0.717) is 5.82 Å².